The lowest BCUT2D eigenvalue weighted by Gasteiger charge is -2.64. The van der Waals surface area contributed by atoms with Gasteiger partial charge in [-0.2, -0.15) is 0 Å². The highest BCUT2D eigenvalue weighted by Crippen LogP contribution is 2.65. The van der Waals surface area contributed by atoms with Crippen LogP contribution >= 0.6 is 11.3 Å². The fraction of sp³-hybridized carbons (Fsp3) is 0.576. The van der Waals surface area contributed by atoms with E-state index in [9.17, 15) is 24.3 Å². The van der Waals surface area contributed by atoms with Crippen molar-refractivity contribution in [2.75, 3.05) is 26.1 Å². The molecule has 5 atom stereocenters. The van der Waals surface area contributed by atoms with Crippen LogP contribution in [0, 0.1) is 17.3 Å². The number of thiazole rings is 1. The number of carbonyl (C=O) groups excluding carboxylic acids is 3. The lowest BCUT2D eigenvalue weighted by Crippen LogP contribution is -2.65. The molecule has 1 aromatic heterocycles. The highest BCUT2D eigenvalue weighted by atomic mass is 32.1. The molecule has 3 amide bonds. The minimum atomic E-state index is -1.15. The first-order valence-electron chi connectivity index (χ1n) is 16.3. The van der Waals surface area contributed by atoms with E-state index in [0.717, 1.165) is 24.2 Å². The summed E-state index contributed by atoms with van der Waals surface area (Å²) in [5.41, 5.74) is -0.779. The van der Waals surface area contributed by atoms with Crippen molar-refractivity contribution in [3.63, 3.8) is 0 Å². The predicted octanol–water partition coefficient (Wildman–Crippen LogP) is 3.66. The highest BCUT2D eigenvalue weighted by molar-refractivity contribution is 7.14. The molecule has 1 aliphatic heterocycles. The molecule has 270 valence electrons. The summed E-state index contributed by atoms with van der Waals surface area (Å²) < 4.78 is 23.9. The van der Waals surface area contributed by atoms with Crippen LogP contribution in [0.3, 0.4) is 0 Å². The van der Waals surface area contributed by atoms with Crippen LogP contribution in [0.1, 0.15) is 76.0 Å². The van der Waals surface area contributed by atoms with E-state index in [1.807, 2.05) is 0 Å². The number of anilines is 1. The smallest absolute Gasteiger partial charge is 0.482 e. The Kier molecular flexibility index (Phi) is 10.5. The van der Waals surface area contributed by atoms with Crippen LogP contribution in [-0.2, 0) is 34.9 Å². The Morgan fingerprint density at radius 3 is 2.56 bits per heavy atom. The van der Waals surface area contributed by atoms with E-state index in [0.29, 0.717) is 11.5 Å². The van der Waals surface area contributed by atoms with Crippen molar-refractivity contribution in [1.29, 1.82) is 0 Å². The number of benzene rings is 1. The number of aromatic carboxylic acids is 1. The molecule has 3 aliphatic carbocycles. The second-order valence-corrected chi connectivity index (χ2v) is 15.3. The van der Waals surface area contributed by atoms with Crippen molar-refractivity contribution < 1.29 is 47.9 Å². The Morgan fingerprint density at radius 1 is 1.18 bits per heavy atom. The summed E-state index contributed by atoms with van der Waals surface area (Å²) in [4.78, 5) is 59.7. The maximum absolute atomic E-state index is 14.0. The summed E-state index contributed by atoms with van der Waals surface area (Å²) in [6.07, 6.45) is 1.03. The second-order valence-electron chi connectivity index (χ2n) is 14.5. The normalized spacial score (nSPS) is 24.3. The van der Waals surface area contributed by atoms with Crippen molar-refractivity contribution in [3.8, 4) is 5.75 Å². The van der Waals surface area contributed by atoms with Crippen molar-refractivity contribution in [2.45, 2.75) is 84.1 Å². The zero-order valence-corrected chi connectivity index (χ0v) is 30.3. The number of ether oxygens (including phenoxy) is 2. The molecule has 4 N–H and O–H groups in total. The van der Waals surface area contributed by atoms with E-state index in [1.165, 1.54) is 25.7 Å². The fourth-order valence-corrected chi connectivity index (χ4v) is 7.99. The molecule has 2 bridgehead atoms. The first-order valence-corrected chi connectivity index (χ1v) is 17.2. The second kappa shape index (κ2) is 14.2. The van der Waals surface area contributed by atoms with E-state index >= 15 is 0 Å². The van der Waals surface area contributed by atoms with E-state index in [4.69, 9.17) is 23.6 Å². The highest BCUT2D eigenvalue weighted by Gasteiger charge is 2.68. The lowest BCUT2D eigenvalue weighted by molar-refractivity contribution is -0.199. The molecular weight excluding hydrogens is 669 g/mol. The molecule has 17 heteroatoms. The topological polar surface area (TPSA) is 196 Å². The average Bonchev–Trinajstić information content (AvgIpc) is 3.64. The number of rotatable bonds is 12. The number of methoxy groups -OCH3 is 1. The molecule has 6 rings (SSSR count). The number of oxime groups is 1. The fourth-order valence-electron chi connectivity index (χ4n) is 7.28. The molecule has 4 fully saturated rings. The third-order valence-corrected chi connectivity index (χ3v) is 10.5. The van der Waals surface area contributed by atoms with E-state index in [2.05, 4.69) is 46.9 Å². The Hall–Kier alpha value is -4.22. The van der Waals surface area contributed by atoms with Gasteiger partial charge in [-0.15, -0.1) is 11.3 Å². The van der Waals surface area contributed by atoms with Crippen molar-refractivity contribution in [3.05, 3.63) is 40.4 Å². The standard InChI is InChI=1S/C33H44BN5O10S/c1-31(2,3)47-30(44)35-15-24(40)38-29-36-20(16-50-29)25(39-46-8)27(41)37-23(12-17-10-9-11-19(28(42)43)26(17)45-7)34-48-22-14-18-13-21(32(18,4)5)33(22,6)49-34/h9-11,16,18,21-23H,12-15H2,1-8H3,(H,35,44)(H,37,41)(H,42,43)(H,36,38,40)/b39-25-/t18?,21?,22?,23-,33?/m0/s1. The molecule has 0 spiro atoms. The summed E-state index contributed by atoms with van der Waals surface area (Å²) in [6, 6.07) is 4.79. The Bertz CT molecular complexity index is 1680. The average molecular weight is 714 g/mol. The number of hydrogen-bond acceptors (Lipinski definition) is 12. The maximum Gasteiger partial charge on any atom is 0.482 e. The quantitative estimate of drug-likeness (QED) is 0.142. The van der Waals surface area contributed by atoms with Gasteiger partial charge >= 0.3 is 19.2 Å². The molecule has 2 aromatic rings. The number of aromatic nitrogens is 1. The van der Waals surface area contributed by atoms with Gasteiger partial charge in [0.2, 0.25) is 5.91 Å². The number of carboxylic acids is 1. The van der Waals surface area contributed by atoms with Crippen LogP contribution in [0.25, 0.3) is 0 Å². The van der Waals surface area contributed by atoms with Crippen LogP contribution in [0.2, 0.25) is 0 Å². The number of carboxylic acid groups (broad SMARTS) is 1. The van der Waals surface area contributed by atoms with Gasteiger partial charge in [0.25, 0.3) is 5.91 Å². The summed E-state index contributed by atoms with van der Waals surface area (Å²) in [5.74, 6) is -2.27. The first-order chi connectivity index (χ1) is 23.5. The Morgan fingerprint density at radius 2 is 1.92 bits per heavy atom. The minimum Gasteiger partial charge on any atom is -0.496 e. The number of amides is 3. The minimum absolute atomic E-state index is 0.0217. The van der Waals surface area contributed by atoms with Crippen LogP contribution in [0.15, 0.2) is 28.7 Å². The number of carbonyl (C=O) groups is 4. The summed E-state index contributed by atoms with van der Waals surface area (Å²) >= 11 is 1.04. The molecule has 1 aromatic carbocycles. The lowest BCUT2D eigenvalue weighted by atomic mass is 9.43. The first kappa shape index (κ1) is 37.1. The van der Waals surface area contributed by atoms with Gasteiger partial charge in [-0.3, -0.25) is 9.59 Å². The van der Waals surface area contributed by atoms with E-state index < -0.39 is 48.1 Å². The maximum atomic E-state index is 14.0. The molecule has 4 unspecified atom stereocenters. The van der Waals surface area contributed by atoms with Crippen LogP contribution in [0.5, 0.6) is 5.75 Å². The zero-order valence-electron chi connectivity index (χ0n) is 29.4. The number of alkyl carbamates (subject to hydrolysis) is 1. The molecule has 0 radical (unpaired) electrons. The predicted molar refractivity (Wildman–Crippen MR) is 184 cm³/mol. The third-order valence-electron chi connectivity index (χ3n) is 9.77. The van der Waals surface area contributed by atoms with Gasteiger partial charge in [0.05, 0.1) is 24.8 Å². The number of nitrogens with one attached hydrogen (secondary N) is 3. The summed E-state index contributed by atoms with van der Waals surface area (Å²) in [7, 11) is 1.79. The van der Waals surface area contributed by atoms with E-state index in [1.54, 1.807) is 32.9 Å². The van der Waals surface area contributed by atoms with Crippen molar-refractivity contribution >= 4 is 53.2 Å². The van der Waals surface area contributed by atoms with E-state index in [-0.39, 0.29) is 58.3 Å². The molecule has 15 nitrogen and oxygen atoms in total. The zero-order chi connectivity index (χ0) is 36.6. The number of nitrogens with zero attached hydrogens (tertiary/aromatic N) is 2. The Labute approximate surface area is 294 Å². The number of para-hydroxylation sites is 1. The summed E-state index contributed by atoms with van der Waals surface area (Å²) in [5, 5.41) is 23.3. The SMILES string of the molecule is CO/N=C(\C(=O)N[C@@H](Cc1cccc(C(=O)O)c1OC)B1OC2CC3CC(C3(C)C)C2(C)O1)c1csc(NC(=O)CNC(=O)OC(C)(C)C)n1. The van der Waals surface area contributed by atoms with Gasteiger partial charge in [-0.05, 0) is 75.8 Å². The van der Waals surface area contributed by atoms with Gasteiger partial charge in [-0.1, -0.05) is 31.1 Å². The van der Waals surface area contributed by atoms with Crippen molar-refractivity contribution in [2.24, 2.45) is 22.4 Å². The molecule has 2 heterocycles. The molecular formula is C33H44BN5O10S. The molecule has 1 saturated heterocycles. The van der Waals surface area contributed by atoms with Gasteiger partial charge in [-0.25, -0.2) is 14.6 Å². The Balaban J connectivity index is 1.36. The third kappa shape index (κ3) is 7.59. The monoisotopic (exact) mass is 713 g/mol. The largest absolute Gasteiger partial charge is 0.496 e. The molecule has 4 aliphatic rings. The molecule has 3 saturated carbocycles. The van der Waals surface area contributed by atoms with Crippen LogP contribution in [0.4, 0.5) is 9.93 Å². The van der Waals surface area contributed by atoms with Crippen molar-refractivity contribution in [1.82, 2.24) is 15.6 Å². The van der Waals surface area contributed by atoms with Gasteiger partial charge in [0, 0.05) is 5.38 Å². The summed E-state index contributed by atoms with van der Waals surface area (Å²) in [6.45, 7) is 11.3. The van der Waals surface area contributed by atoms with Gasteiger partial charge in [0.1, 0.15) is 36.3 Å². The number of hydrogen-bond donors (Lipinski definition) is 4. The van der Waals surface area contributed by atoms with Crippen LogP contribution < -0.4 is 20.7 Å². The van der Waals surface area contributed by atoms with Gasteiger partial charge in [0.15, 0.2) is 10.8 Å². The van der Waals surface area contributed by atoms with Crippen LogP contribution in [-0.4, -0.2) is 90.8 Å². The molecule has 50 heavy (non-hydrogen) atoms. The van der Waals surface area contributed by atoms with Gasteiger partial charge < -0.3 is 44.7 Å².